The lowest BCUT2D eigenvalue weighted by molar-refractivity contribution is 0.102. The molecule has 2 N–H and O–H groups in total. The maximum Gasteiger partial charge on any atom is 0.275 e. The summed E-state index contributed by atoms with van der Waals surface area (Å²) in [4.78, 5) is 20.2. The van der Waals surface area contributed by atoms with Gasteiger partial charge >= 0.3 is 0 Å². The summed E-state index contributed by atoms with van der Waals surface area (Å²) >= 11 is 1.46. The van der Waals surface area contributed by atoms with Crippen molar-refractivity contribution in [2.75, 3.05) is 5.32 Å². The Labute approximate surface area is 143 Å². The van der Waals surface area contributed by atoms with E-state index >= 15 is 0 Å². The number of carbonyl (C=O) groups is 1. The number of aromatic amines is 1. The van der Waals surface area contributed by atoms with Crippen LogP contribution in [0.3, 0.4) is 0 Å². The van der Waals surface area contributed by atoms with Gasteiger partial charge in [-0.2, -0.15) is 0 Å². The zero-order chi connectivity index (χ0) is 16.5. The molecule has 0 bridgehead atoms. The van der Waals surface area contributed by atoms with Gasteiger partial charge in [0.2, 0.25) is 0 Å². The normalized spacial score (nSPS) is 10.9. The van der Waals surface area contributed by atoms with Crippen molar-refractivity contribution >= 4 is 33.8 Å². The quantitative estimate of drug-likeness (QED) is 0.563. The lowest BCUT2D eigenvalue weighted by atomic mass is 10.2. The number of carbonyl (C=O) groups excluding carboxylic acids is 1. The van der Waals surface area contributed by atoms with Crippen LogP contribution in [-0.4, -0.2) is 15.9 Å². The number of H-pyrrole nitrogens is 1. The molecule has 0 aliphatic rings. The van der Waals surface area contributed by atoms with Crippen LogP contribution in [0, 0.1) is 6.92 Å². The standard InChI is InChI=1S/C19H15N3OS/c1-12-5-4-7-14(9-12)20-18(23)17-11-24-19(22-17)16-10-13-6-2-3-8-15(13)21-16/h2-11,21H,1H3,(H,20,23). The Hall–Kier alpha value is -2.92. The molecule has 24 heavy (non-hydrogen) atoms. The number of para-hydroxylation sites is 1. The number of hydrogen-bond acceptors (Lipinski definition) is 3. The van der Waals surface area contributed by atoms with Gasteiger partial charge in [0.15, 0.2) is 0 Å². The number of nitrogens with one attached hydrogen (secondary N) is 2. The minimum atomic E-state index is -0.195. The molecule has 118 valence electrons. The first-order chi connectivity index (χ1) is 11.7. The largest absolute Gasteiger partial charge is 0.353 e. The Bertz CT molecular complexity index is 999. The molecule has 0 atom stereocenters. The van der Waals surface area contributed by atoms with Crippen LogP contribution >= 0.6 is 11.3 Å². The Morgan fingerprint density at radius 1 is 1.12 bits per heavy atom. The zero-order valence-electron chi connectivity index (χ0n) is 13.0. The fourth-order valence-corrected chi connectivity index (χ4v) is 3.38. The Kier molecular flexibility index (Phi) is 3.63. The maximum absolute atomic E-state index is 12.4. The predicted octanol–water partition coefficient (Wildman–Crippen LogP) is 4.85. The van der Waals surface area contributed by atoms with Gasteiger partial charge in [0.25, 0.3) is 5.91 Å². The van der Waals surface area contributed by atoms with Gasteiger partial charge in [-0.3, -0.25) is 4.79 Å². The fourth-order valence-electron chi connectivity index (χ4n) is 2.61. The molecule has 4 nitrogen and oxygen atoms in total. The lowest BCUT2D eigenvalue weighted by Crippen LogP contribution is -2.12. The summed E-state index contributed by atoms with van der Waals surface area (Å²) < 4.78 is 0. The van der Waals surface area contributed by atoms with E-state index in [0.717, 1.165) is 32.9 Å². The third-order valence-corrected chi connectivity index (χ3v) is 4.65. The van der Waals surface area contributed by atoms with E-state index < -0.39 is 0 Å². The number of aromatic nitrogens is 2. The number of anilines is 1. The van der Waals surface area contributed by atoms with Gasteiger partial charge in [-0.25, -0.2) is 4.98 Å². The second-order valence-corrected chi connectivity index (χ2v) is 6.49. The van der Waals surface area contributed by atoms with Crippen LogP contribution in [0.4, 0.5) is 5.69 Å². The van der Waals surface area contributed by atoms with Crippen LogP contribution in [-0.2, 0) is 0 Å². The first kappa shape index (κ1) is 14.7. The highest BCUT2D eigenvalue weighted by Crippen LogP contribution is 2.27. The van der Waals surface area contributed by atoms with E-state index in [1.54, 1.807) is 5.38 Å². The zero-order valence-corrected chi connectivity index (χ0v) is 13.9. The van der Waals surface area contributed by atoms with Gasteiger partial charge in [0, 0.05) is 22.0 Å². The van der Waals surface area contributed by atoms with E-state index in [1.807, 2.05) is 55.5 Å². The van der Waals surface area contributed by atoms with E-state index in [9.17, 15) is 4.79 Å². The van der Waals surface area contributed by atoms with Gasteiger partial charge in [-0.05, 0) is 36.8 Å². The molecule has 0 saturated heterocycles. The third kappa shape index (κ3) is 2.81. The monoisotopic (exact) mass is 333 g/mol. The van der Waals surface area contributed by atoms with Crippen LogP contribution in [0.5, 0.6) is 0 Å². The minimum Gasteiger partial charge on any atom is -0.353 e. The molecule has 0 saturated carbocycles. The van der Waals surface area contributed by atoms with Crippen LogP contribution in [0.1, 0.15) is 16.1 Å². The summed E-state index contributed by atoms with van der Waals surface area (Å²) in [7, 11) is 0. The molecule has 0 spiro atoms. The third-order valence-electron chi connectivity index (χ3n) is 3.77. The van der Waals surface area contributed by atoms with Crippen LogP contribution in [0.2, 0.25) is 0 Å². The summed E-state index contributed by atoms with van der Waals surface area (Å²) in [5, 5.41) is 6.61. The predicted molar refractivity (Wildman–Crippen MR) is 98.5 cm³/mol. The number of rotatable bonds is 3. The molecular formula is C19H15N3OS. The molecule has 0 radical (unpaired) electrons. The van der Waals surface area contributed by atoms with Gasteiger partial charge in [0.1, 0.15) is 10.7 Å². The molecule has 2 aromatic heterocycles. The second-order valence-electron chi connectivity index (χ2n) is 5.63. The SMILES string of the molecule is Cc1cccc(NC(=O)c2csc(-c3cc4ccccc4[nH]3)n2)c1. The maximum atomic E-state index is 12.4. The van der Waals surface area contributed by atoms with Crippen LogP contribution < -0.4 is 5.32 Å². The molecule has 1 amide bonds. The molecule has 0 aliphatic heterocycles. The summed E-state index contributed by atoms with van der Waals surface area (Å²) in [5.41, 5.74) is 4.30. The molecule has 4 rings (SSSR count). The molecule has 0 aliphatic carbocycles. The molecule has 0 fully saturated rings. The van der Waals surface area contributed by atoms with Crippen molar-refractivity contribution in [1.29, 1.82) is 0 Å². The number of benzene rings is 2. The van der Waals surface area contributed by atoms with Gasteiger partial charge in [0.05, 0.1) is 5.69 Å². The van der Waals surface area contributed by atoms with Crippen molar-refractivity contribution in [3.8, 4) is 10.7 Å². The average molecular weight is 333 g/mol. The van der Waals surface area contributed by atoms with Crippen molar-refractivity contribution < 1.29 is 4.79 Å². The first-order valence-electron chi connectivity index (χ1n) is 7.61. The van der Waals surface area contributed by atoms with Crippen molar-refractivity contribution in [1.82, 2.24) is 9.97 Å². The van der Waals surface area contributed by atoms with Crippen molar-refractivity contribution in [3.63, 3.8) is 0 Å². The lowest BCUT2D eigenvalue weighted by Gasteiger charge is -2.03. The van der Waals surface area contributed by atoms with Crippen LogP contribution in [0.25, 0.3) is 21.6 Å². The molecule has 2 aromatic carbocycles. The van der Waals surface area contributed by atoms with Gasteiger partial charge in [-0.1, -0.05) is 30.3 Å². The number of hydrogen-bond donors (Lipinski definition) is 2. The Balaban J connectivity index is 1.58. The highest BCUT2D eigenvalue weighted by molar-refractivity contribution is 7.13. The Morgan fingerprint density at radius 2 is 2.00 bits per heavy atom. The molecular weight excluding hydrogens is 318 g/mol. The summed E-state index contributed by atoms with van der Waals surface area (Å²) in [6.45, 7) is 1.99. The van der Waals surface area contributed by atoms with E-state index in [-0.39, 0.29) is 5.91 Å². The van der Waals surface area contributed by atoms with Gasteiger partial charge < -0.3 is 10.3 Å². The van der Waals surface area contributed by atoms with E-state index in [2.05, 4.69) is 21.4 Å². The number of aryl methyl sites for hydroxylation is 1. The van der Waals surface area contributed by atoms with Crippen molar-refractivity contribution in [2.45, 2.75) is 6.92 Å². The smallest absolute Gasteiger partial charge is 0.275 e. The minimum absolute atomic E-state index is 0.195. The number of amides is 1. The molecule has 0 unspecified atom stereocenters. The molecule has 2 heterocycles. The summed E-state index contributed by atoms with van der Waals surface area (Å²) in [6, 6.07) is 17.8. The van der Waals surface area contributed by atoms with E-state index in [0.29, 0.717) is 5.69 Å². The summed E-state index contributed by atoms with van der Waals surface area (Å²) in [5.74, 6) is -0.195. The first-order valence-corrected chi connectivity index (χ1v) is 8.49. The average Bonchev–Trinajstić information content (AvgIpc) is 3.21. The Morgan fingerprint density at radius 3 is 2.83 bits per heavy atom. The van der Waals surface area contributed by atoms with Crippen LogP contribution in [0.15, 0.2) is 60.0 Å². The van der Waals surface area contributed by atoms with Crippen molar-refractivity contribution in [2.24, 2.45) is 0 Å². The highest BCUT2D eigenvalue weighted by Gasteiger charge is 2.13. The molecule has 4 aromatic rings. The van der Waals surface area contributed by atoms with Crippen molar-refractivity contribution in [3.05, 3.63) is 71.2 Å². The number of thiazole rings is 1. The number of fused-ring (bicyclic) bond motifs is 1. The second kappa shape index (κ2) is 5.94. The van der Waals surface area contributed by atoms with E-state index in [4.69, 9.17) is 0 Å². The van der Waals surface area contributed by atoms with E-state index in [1.165, 1.54) is 11.3 Å². The number of nitrogens with zero attached hydrogens (tertiary/aromatic N) is 1. The fraction of sp³-hybridized carbons (Fsp3) is 0.0526. The highest BCUT2D eigenvalue weighted by atomic mass is 32.1. The summed E-state index contributed by atoms with van der Waals surface area (Å²) in [6.07, 6.45) is 0. The molecule has 5 heteroatoms. The van der Waals surface area contributed by atoms with Gasteiger partial charge in [-0.15, -0.1) is 11.3 Å². The topological polar surface area (TPSA) is 57.8 Å².